The van der Waals surface area contributed by atoms with Crippen LogP contribution in [0.15, 0.2) is 170 Å². The molecule has 0 saturated heterocycles. The fraction of sp³-hybridized carbons (Fsp3) is 0.0556. The van der Waals surface area contributed by atoms with Crippen LogP contribution in [0.5, 0.6) is 0 Å². The molecule has 5 aromatic rings. The van der Waals surface area contributed by atoms with E-state index in [9.17, 15) is 0 Å². The summed E-state index contributed by atoms with van der Waals surface area (Å²) in [5.41, 5.74) is 1.78. The Morgan fingerprint density at radius 2 is 0.816 bits per heavy atom. The normalized spacial score (nSPS) is 13.8. The first-order valence-corrected chi connectivity index (χ1v) is 15.9. The van der Waals surface area contributed by atoms with Crippen molar-refractivity contribution in [1.82, 2.24) is 0 Å². The second-order valence-electron chi connectivity index (χ2n) is 9.40. The summed E-state index contributed by atoms with van der Waals surface area (Å²) in [5.74, 6) is 0.339. The van der Waals surface area contributed by atoms with Crippen molar-refractivity contribution in [2.75, 3.05) is 0 Å². The van der Waals surface area contributed by atoms with Crippen molar-refractivity contribution < 1.29 is 0 Å². The predicted molar refractivity (Wildman–Crippen MR) is 169 cm³/mol. The number of allylic oxidation sites excluding steroid dienone is 4. The molecule has 0 saturated carbocycles. The van der Waals surface area contributed by atoms with Gasteiger partial charge in [-0.3, -0.25) is 0 Å². The molecule has 1 aliphatic rings. The Morgan fingerprint density at radius 3 is 1.29 bits per heavy atom. The summed E-state index contributed by atoms with van der Waals surface area (Å²) in [5, 5.41) is 7.08. The van der Waals surface area contributed by atoms with Crippen LogP contribution in [0.3, 0.4) is 0 Å². The zero-order chi connectivity index (χ0) is 25.6. The van der Waals surface area contributed by atoms with Crippen molar-refractivity contribution in [2.45, 2.75) is 5.66 Å². The van der Waals surface area contributed by atoms with Gasteiger partial charge in [-0.25, -0.2) is 0 Å². The number of hydrogen-bond donors (Lipinski definition) is 0. The van der Waals surface area contributed by atoms with Gasteiger partial charge in [0.1, 0.15) is 0 Å². The first kappa shape index (κ1) is 24.8. The Balaban J connectivity index is 1.59. The second kappa shape index (κ2) is 11.9. The maximum Gasteiger partial charge on any atom is 0.0226 e. The minimum Gasteiger partial charge on any atom is -0.0766 e. The molecule has 0 aliphatic heterocycles. The zero-order valence-corrected chi connectivity index (χ0v) is 23.0. The van der Waals surface area contributed by atoms with Crippen LogP contribution < -0.4 is 26.5 Å². The quantitative estimate of drug-likeness (QED) is 0.186. The molecule has 184 valence electrons. The van der Waals surface area contributed by atoms with E-state index in [4.69, 9.17) is 0 Å². The van der Waals surface area contributed by atoms with E-state index in [2.05, 4.69) is 170 Å². The van der Waals surface area contributed by atoms with Crippen molar-refractivity contribution in [3.05, 3.63) is 175 Å². The molecule has 1 aliphatic carbocycles. The van der Waals surface area contributed by atoms with Crippen LogP contribution in [0.4, 0.5) is 0 Å². The van der Waals surface area contributed by atoms with Gasteiger partial charge >= 0.3 is 0 Å². The van der Waals surface area contributed by atoms with Crippen LogP contribution >= 0.6 is 15.8 Å². The van der Waals surface area contributed by atoms with Gasteiger partial charge in [-0.15, -0.1) is 0 Å². The Bertz CT molecular complexity index is 1420. The molecule has 5 aromatic carbocycles. The Kier molecular flexibility index (Phi) is 7.74. The fourth-order valence-corrected chi connectivity index (χ4v) is 10.9. The molecule has 6 rings (SSSR count). The van der Waals surface area contributed by atoms with Crippen LogP contribution in [-0.4, -0.2) is 0 Å². The van der Waals surface area contributed by atoms with Gasteiger partial charge in [0.15, 0.2) is 0 Å². The molecular weight excluding hydrogens is 494 g/mol. The van der Waals surface area contributed by atoms with Crippen LogP contribution in [-0.2, 0) is 0 Å². The smallest absolute Gasteiger partial charge is 0.0226 e. The van der Waals surface area contributed by atoms with Crippen LogP contribution in [0.2, 0.25) is 0 Å². The van der Waals surface area contributed by atoms with Gasteiger partial charge in [0, 0.05) is 11.6 Å². The van der Waals surface area contributed by atoms with E-state index in [1.165, 1.54) is 32.1 Å². The molecule has 0 unspecified atom stereocenters. The van der Waals surface area contributed by atoms with Gasteiger partial charge in [0.25, 0.3) is 0 Å². The van der Waals surface area contributed by atoms with Crippen molar-refractivity contribution in [3.8, 4) is 0 Å². The molecule has 2 heteroatoms. The van der Waals surface area contributed by atoms with Crippen LogP contribution in [0, 0.1) is 5.92 Å². The largest absolute Gasteiger partial charge is 0.0766 e. The minimum atomic E-state index is -0.714. The summed E-state index contributed by atoms with van der Waals surface area (Å²) in [6.45, 7) is 0. The Hall–Kier alpha value is -3.56. The van der Waals surface area contributed by atoms with Crippen molar-refractivity contribution >= 4 is 42.4 Å². The third-order valence-corrected chi connectivity index (χ3v) is 12.4. The lowest BCUT2D eigenvalue weighted by atomic mass is 10.00. The van der Waals surface area contributed by atoms with E-state index in [1.54, 1.807) is 0 Å². The van der Waals surface area contributed by atoms with Gasteiger partial charge in [0.2, 0.25) is 0 Å². The number of hydrogen-bond acceptors (Lipinski definition) is 0. The van der Waals surface area contributed by atoms with E-state index in [0.29, 0.717) is 11.6 Å². The lowest BCUT2D eigenvalue weighted by molar-refractivity contribution is 0.790. The highest BCUT2D eigenvalue weighted by Crippen LogP contribution is 2.55. The SMILES string of the molecule is C1=CC([C@@H](c2ccccc2P(c2ccccc2)c2ccccc2)P(c2ccccc2)c2ccccc2)C=C1. The third kappa shape index (κ3) is 5.21. The summed E-state index contributed by atoms with van der Waals surface area (Å²) >= 11 is 0. The molecule has 0 aromatic heterocycles. The van der Waals surface area contributed by atoms with Gasteiger partial charge in [0.05, 0.1) is 0 Å². The molecule has 1 atom stereocenters. The van der Waals surface area contributed by atoms with E-state index in [1.807, 2.05) is 0 Å². The molecule has 0 spiro atoms. The van der Waals surface area contributed by atoms with Gasteiger partial charge in [-0.05, 0) is 47.9 Å². The molecule has 0 nitrogen and oxygen atoms in total. The molecule has 0 fully saturated rings. The maximum absolute atomic E-state index is 2.41. The van der Waals surface area contributed by atoms with E-state index in [0.717, 1.165) is 0 Å². The first-order chi connectivity index (χ1) is 18.9. The summed E-state index contributed by atoms with van der Waals surface area (Å²) in [6.07, 6.45) is 9.24. The number of rotatable bonds is 8. The predicted octanol–water partition coefficient (Wildman–Crippen LogP) is 7.36. The molecule has 0 N–H and O–H groups in total. The lowest BCUT2D eigenvalue weighted by Gasteiger charge is -2.35. The Morgan fingerprint density at radius 1 is 0.421 bits per heavy atom. The fourth-order valence-electron chi connectivity index (χ4n) is 5.35. The Labute approximate surface area is 228 Å². The molecule has 0 heterocycles. The average molecular weight is 525 g/mol. The van der Waals surface area contributed by atoms with Gasteiger partial charge in [-0.2, -0.15) is 0 Å². The summed E-state index contributed by atoms with van der Waals surface area (Å²) in [4.78, 5) is 0. The van der Waals surface area contributed by atoms with Gasteiger partial charge < -0.3 is 0 Å². The molecule has 38 heavy (non-hydrogen) atoms. The zero-order valence-electron chi connectivity index (χ0n) is 21.2. The van der Waals surface area contributed by atoms with Crippen molar-refractivity contribution in [3.63, 3.8) is 0 Å². The molecule has 0 amide bonds. The molecule has 0 radical (unpaired) electrons. The molecule has 0 bridgehead atoms. The highest BCUT2D eigenvalue weighted by molar-refractivity contribution is 7.80. The third-order valence-electron chi connectivity index (χ3n) is 7.01. The van der Waals surface area contributed by atoms with Gasteiger partial charge in [-0.1, -0.05) is 170 Å². The second-order valence-corrected chi connectivity index (χ2v) is 13.9. The molecular formula is C36H30P2. The monoisotopic (exact) mass is 524 g/mol. The highest BCUT2D eigenvalue weighted by Gasteiger charge is 2.34. The van der Waals surface area contributed by atoms with Crippen molar-refractivity contribution in [1.29, 1.82) is 0 Å². The van der Waals surface area contributed by atoms with E-state index in [-0.39, 0.29) is 0 Å². The van der Waals surface area contributed by atoms with Crippen LogP contribution in [0.1, 0.15) is 11.2 Å². The van der Waals surface area contributed by atoms with E-state index < -0.39 is 15.8 Å². The minimum absolute atomic E-state index is 0.318. The highest BCUT2D eigenvalue weighted by atomic mass is 31.1. The standard InChI is InChI=1S/C36H30P2/c1-5-19-30(20-6-1)37(31-21-7-2-8-22-31)35-28-16-15-27-34(35)36(29-17-13-14-18-29)38(32-23-9-3-10-24-32)33-25-11-4-12-26-33/h1-29,36H/t36-/m0/s1. The summed E-state index contributed by atoms with van der Waals surface area (Å²) in [6, 6.07) is 53.8. The lowest BCUT2D eigenvalue weighted by Crippen LogP contribution is -2.28. The first-order valence-electron chi connectivity index (χ1n) is 13.1. The topological polar surface area (TPSA) is 0 Å². The maximum atomic E-state index is 2.41. The van der Waals surface area contributed by atoms with E-state index >= 15 is 0 Å². The van der Waals surface area contributed by atoms with Crippen molar-refractivity contribution in [2.24, 2.45) is 5.92 Å². The average Bonchev–Trinajstić information content (AvgIpc) is 3.53. The van der Waals surface area contributed by atoms with Crippen LogP contribution in [0.25, 0.3) is 0 Å². The summed E-state index contributed by atoms with van der Waals surface area (Å²) < 4.78 is 0. The summed E-state index contributed by atoms with van der Waals surface area (Å²) in [7, 11) is -1.39. The number of benzene rings is 5.